The molecule has 0 aliphatic heterocycles. The quantitative estimate of drug-likeness (QED) is 0.620. The number of nitro benzene ring substituents is 1. The van der Waals surface area contributed by atoms with Crippen LogP contribution in [0.4, 0.5) is 5.69 Å². The third kappa shape index (κ3) is 2.25. The highest BCUT2D eigenvalue weighted by Crippen LogP contribution is 2.37. The van der Waals surface area contributed by atoms with Crippen molar-refractivity contribution in [3.63, 3.8) is 0 Å². The van der Waals surface area contributed by atoms with Gasteiger partial charge in [0.2, 0.25) is 5.75 Å². The van der Waals surface area contributed by atoms with Gasteiger partial charge in [0.25, 0.3) is 0 Å². The van der Waals surface area contributed by atoms with Crippen LogP contribution in [-0.4, -0.2) is 4.92 Å². The smallest absolute Gasteiger partial charge is 0.311 e. The van der Waals surface area contributed by atoms with Crippen LogP contribution in [0.15, 0.2) is 36.4 Å². The molecule has 0 saturated carbocycles. The van der Waals surface area contributed by atoms with Crippen molar-refractivity contribution in [3.05, 3.63) is 63.2 Å². The van der Waals surface area contributed by atoms with Gasteiger partial charge in [0.05, 0.1) is 4.92 Å². The van der Waals surface area contributed by atoms with Crippen molar-refractivity contribution >= 4 is 5.69 Å². The van der Waals surface area contributed by atoms with Gasteiger partial charge in [-0.2, -0.15) is 0 Å². The molecule has 102 valence electrons. The molecule has 0 unspecified atom stereocenters. The van der Waals surface area contributed by atoms with Gasteiger partial charge < -0.3 is 4.74 Å². The van der Waals surface area contributed by atoms with E-state index in [0.717, 1.165) is 30.4 Å². The maximum absolute atomic E-state index is 11.2. The fourth-order valence-electron chi connectivity index (χ4n) is 2.60. The maximum Gasteiger partial charge on any atom is 0.311 e. The molecule has 0 saturated heterocycles. The van der Waals surface area contributed by atoms with Crippen molar-refractivity contribution in [3.8, 4) is 11.5 Å². The van der Waals surface area contributed by atoms with E-state index in [2.05, 4.69) is 0 Å². The van der Waals surface area contributed by atoms with Crippen LogP contribution in [0.5, 0.6) is 11.5 Å². The molecule has 1 aliphatic carbocycles. The number of nitrogens with zero attached hydrogens (tertiary/aromatic N) is 1. The molecule has 0 heterocycles. The molecule has 0 fully saturated rings. The Labute approximate surface area is 117 Å². The van der Waals surface area contributed by atoms with E-state index in [1.54, 1.807) is 6.07 Å². The van der Waals surface area contributed by atoms with Crippen LogP contribution in [0.1, 0.15) is 23.1 Å². The zero-order valence-electron chi connectivity index (χ0n) is 11.3. The molecule has 0 bridgehead atoms. The van der Waals surface area contributed by atoms with Crippen LogP contribution >= 0.6 is 0 Å². The number of benzene rings is 2. The predicted molar refractivity (Wildman–Crippen MR) is 76.4 cm³/mol. The summed E-state index contributed by atoms with van der Waals surface area (Å²) in [5, 5.41) is 11.2. The molecular formula is C16H15NO3. The highest BCUT2D eigenvalue weighted by atomic mass is 16.6. The standard InChI is InChI=1S/C16H15NO3/c1-11-5-2-3-8-15(11)20-16-10-13-7-4-6-12(13)9-14(16)17(18)19/h2-3,5,8-10H,4,6-7H2,1H3. The summed E-state index contributed by atoms with van der Waals surface area (Å²) in [6.45, 7) is 1.93. The third-order valence-electron chi connectivity index (χ3n) is 3.68. The molecule has 3 rings (SSSR count). The lowest BCUT2D eigenvalue weighted by molar-refractivity contribution is -0.385. The third-order valence-corrected chi connectivity index (χ3v) is 3.68. The molecule has 0 aromatic heterocycles. The number of aryl methyl sites for hydroxylation is 3. The van der Waals surface area contributed by atoms with Crippen LogP contribution in [-0.2, 0) is 12.8 Å². The van der Waals surface area contributed by atoms with Crippen LogP contribution in [0, 0.1) is 17.0 Å². The summed E-state index contributed by atoms with van der Waals surface area (Å²) in [6, 6.07) is 11.0. The summed E-state index contributed by atoms with van der Waals surface area (Å²) in [4.78, 5) is 10.9. The zero-order chi connectivity index (χ0) is 14.1. The van der Waals surface area contributed by atoms with Crippen molar-refractivity contribution in [1.82, 2.24) is 0 Å². The second-order valence-electron chi connectivity index (χ2n) is 5.07. The number of nitro groups is 1. The normalized spacial score (nSPS) is 13.1. The number of rotatable bonds is 3. The topological polar surface area (TPSA) is 52.4 Å². The maximum atomic E-state index is 11.2. The second-order valence-corrected chi connectivity index (χ2v) is 5.07. The fraction of sp³-hybridized carbons (Fsp3) is 0.250. The Hall–Kier alpha value is -2.36. The minimum absolute atomic E-state index is 0.0499. The van der Waals surface area contributed by atoms with Gasteiger partial charge in [0, 0.05) is 6.07 Å². The molecule has 2 aromatic rings. The van der Waals surface area contributed by atoms with Gasteiger partial charge >= 0.3 is 5.69 Å². The van der Waals surface area contributed by atoms with Gasteiger partial charge in [0.15, 0.2) is 0 Å². The van der Waals surface area contributed by atoms with Crippen molar-refractivity contribution in [2.75, 3.05) is 0 Å². The molecule has 1 aliphatic rings. The van der Waals surface area contributed by atoms with E-state index >= 15 is 0 Å². The fourth-order valence-corrected chi connectivity index (χ4v) is 2.60. The minimum atomic E-state index is -0.369. The summed E-state index contributed by atoms with van der Waals surface area (Å²) in [6.07, 6.45) is 2.94. The zero-order valence-corrected chi connectivity index (χ0v) is 11.3. The van der Waals surface area contributed by atoms with Crippen molar-refractivity contribution in [1.29, 1.82) is 0 Å². The van der Waals surface area contributed by atoms with Gasteiger partial charge in [-0.1, -0.05) is 18.2 Å². The van der Waals surface area contributed by atoms with Crippen molar-refractivity contribution in [2.45, 2.75) is 26.2 Å². The first kappa shape index (κ1) is 12.7. The van der Waals surface area contributed by atoms with Crippen LogP contribution in [0.2, 0.25) is 0 Å². The largest absolute Gasteiger partial charge is 0.450 e. The molecule has 0 spiro atoms. The van der Waals surface area contributed by atoms with Crippen LogP contribution in [0.25, 0.3) is 0 Å². The first-order chi connectivity index (χ1) is 9.65. The van der Waals surface area contributed by atoms with Gasteiger partial charge in [-0.25, -0.2) is 0 Å². The highest BCUT2D eigenvalue weighted by Gasteiger charge is 2.22. The number of hydrogen-bond acceptors (Lipinski definition) is 3. The Morgan fingerprint density at radius 2 is 1.80 bits per heavy atom. The second kappa shape index (κ2) is 4.96. The first-order valence-corrected chi connectivity index (χ1v) is 6.69. The molecule has 0 N–H and O–H groups in total. The summed E-state index contributed by atoms with van der Waals surface area (Å²) in [7, 11) is 0. The molecule has 0 amide bonds. The van der Waals surface area contributed by atoms with Gasteiger partial charge in [-0.15, -0.1) is 0 Å². The Bertz CT molecular complexity index is 679. The molecule has 0 radical (unpaired) electrons. The first-order valence-electron chi connectivity index (χ1n) is 6.69. The number of hydrogen-bond donors (Lipinski definition) is 0. The van der Waals surface area contributed by atoms with E-state index < -0.39 is 0 Å². The van der Waals surface area contributed by atoms with Crippen molar-refractivity contribution in [2.24, 2.45) is 0 Å². The molecule has 4 nitrogen and oxygen atoms in total. The van der Waals surface area contributed by atoms with Crippen LogP contribution < -0.4 is 4.74 Å². The van der Waals surface area contributed by atoms with E-state index in [4.69, 9.17) is 4.74 Å². The lowest BCUT2D eigenvalue weighted by atomic mass is 10.1. The van der Waals surface area contributed by atoms with Crippen molar-refractivity contribution < 1.29 is 9.66 Å². The van der Waals surface area contributed by atoms with Gasteiger partial charge in [-0.3, -0.25) is 10.1 Å². The van der Waals surface area contributed by atoms with E-state index in [0.29, 0.717) is 11.5 Å². The number of fused-ring (bicyclic) bond motifs is 1. The van der Waals surface area contributed by atoms with Gasteiger partial charge in [-0.05, 0) is 55.0 Å². The number of ether oxygens (including phenoxy) is 1. The SMILES string of the molecule is Cc1ccccc1Oc1cc2c(cc1[N+](=O)[O-])CCC2. The lowest BCUT2D eigenvalue weighted by Gasteiger charge is -2.10. The summed E-state index contributed by atoms with van der Waals surface area (Å²) < 4.78 is 5.79. The molecule has 20 heavy (non-hydrogen) atoms. The van der Waals surface area contributed by atoms with E-state index in [1.165, 1.54) is 5.56 Å². The minimum Gasteiger partial charge on any atom is -0.450 e. The Kier molecular flexibility index (Phi) is 3.14. The lowest BCUT2D eigenvalue weighted by Crippen LogP contribution is -1.97. The number of para-hydroxylation sites is 1. The van der Waals surface area contributed by atoms with E-state index in [-0.39, 0.29) is 10.6 Å². The Balaban J connectivity index is 2.04. The van der Waals surface area contributed by atoms with Crippen LogP contribution in [0.3, 0.4) is 0 Å². The molecule has 0 atom stereocenters. The van der Waals surface area contributed by atoms with Gasteiger partial charge in [0.1, 0.15) is 5.75 Å². The predicted octanol–water partition coefficient (Wildman–Crippen LogP) is 4.18. The summed E-state index contributed by atoms with van der Waals surface area (Å²) >= 11 is 0. The Morgan fingerprint density at radius 3 is 2.50 bits per heavy atom. The average molecular weight is 269 g/mol. The van der Waals surface area contributed by atoms with E-state index in [9.17, 15) is 10.1 Å². The average Bonchev–Trinajstić information content (AvgIpc) is 2.87. The van der Waals surface area contributed by atoms with E-state index in [1.807, 2.05) is 37.3 Å². The summed E-state index contributed by atoms with van der Waals surface area (Å²) in [5.41, 5.74) is 3.25. The molecular weight excluding hydrogens is 254 g/mol. The molecule has 4 heteroatoms. The summed E-state index contributed by atoms with van der Waals surface area (Å²) in [5.74, 6) is 0.999. The molecule has 2 aromatic carbocycles. The highest BCUT2D eigenvalue weighted by molar-refractivity contribution is 5.55. The monoisotopic (exact) mass is 269 g/mol. The Morgan fingerprint density at radius 1 is 1.10 bits per heavy atom.